The van der Waals surface area contributed by atoms with Crippen LogP contribution in [0.4, 0.5) is 0 Å². The predicted octanol–water partition coefficient (Wildman–Crippen LogP) is 3.49. The third kappa shape index (κ3) is 5.91. The number of carbonyl (C=O) groups excluding carboxylic acids is 1. The molecule has 26 heavy (non-hydrogen) atoms. The molecule has 0 fully saturated rings. The molecule has 1 unspecified atom stereocenters. The average molecular weight is 379 g/mol. The lowest BCUT2D eigenvalue weighted by atomic mass is 10.0. The Kier molecular flexibility index (Phi) is 6.85. The van der Waals surface area contributed by atoms with Crippen molar-refractivity contribution in [2.45, 2.75) is 38.0 Å². The average Bonchev–Trinajstić information content (AvgIpc) is 3.05. The van der Waals surface area contributed by atoms with E-state index in [0.29, 0.717) is 0 Å². The van der Waals surface area contributed by atoms with Gasteiger partial charge in [-0.2, -0.15) is 0 Å². The summed E-state index contributed by atoms with van der Waals surface area (Å²) in [6, 6.07) is 10.4. The molecule has 0 aliphatic heterocycles. The van der Waals surface area contributed by atoms with E-state index >= 15 is 0 Å². The number of hydrogen-bond donors (Lipinski definition) is 1. The van der Waals surface area contributed by atoms with Gasteiger partial charge in [0.15, 0.2) is 15.6 Å². The topological polar surface area (TPSA) is 85.6 Å². The summed E-state index contributed by atoms with van der Waals surface area (Å²) in [5.74, 6) is 0.538. The number of unbranched alkanes of at least 4 members (excludes halogenated alkanes) is 1. The zero-order valence-corrected chi connectivity index (χ0v) is 16.1. The lowest BCUT2D eigenvalue weighted by molar-refractivity contribution is 0.0904. The van der Waals surface area contributed by atoms with Crippen LogP contribution in [0.1, 0.15) is 54.1 Å². The number of amides is 1. The molecule has 0 spiro atoms. The van der Waals surface area contributed by atoms with Crippen molar-refractivity contribution in [2.24, 2.45) is 0 Å². The van der Waals surface area contributed by atoms with E-state index in [1.807, 2.05) is 24.3 Å². The molecule has 0 aliphatic rings. The van der Waals surface area contributed by atoms with E-state index in [9.17, 15) is 13.2 Å². The molecule has 1 aromatic heterocycles. The normalized spacial score (nSPS) is 12.6. The first kappa shape index (κ1) is 20.0. The molecular weight excluding hydrogens is 354 g/mol. The molecule has 7 heteroatoms. The van der Waals surface area contributed by atoms with Crippen LogP contribution in [0.5, 0.6) is 5.75 Å². The van der Waals surface area contributed by atoms with Crippen molar-refractivity contribution in [2.75, 3.05) is 13.4 Å². The molecule has 0 bridgehead atoms. The van der Waals surface area contributed by atoms with E-state index in [1.165, 1.54) is 12.1 Å². The van der Waals surface area contributed by atoms with Gasteiger partial charge in [-0.25, -0.2) is 8.42 Å². The zero-order chi connectivity index (χ0) is 19.2. The van der Waals surface area contributed by atoms with E-state index in [2.05, 4.69) is 12.2 Å². The fraction of sp³-hybridized carbons (Fsp3) is 0.421. The molecule has 0 saturated heterocycles. The summed E-state index contributed by atoms with van der Waals surface area (Å²) in [5, 5.41) is 2.98. The Hall–Kier alpha value is -2.28. The third-order valence-corrected chi connectivity index (χ3v) is 4.77. The van der Waals surface area contributed by atoms with E-state index < -0.39 is 9.84 Å². The molecule has 1 aromatic carbocycles. The number of sulfone groups is 1. The van der Waals surface area contributed by atoms with Crippen LogP contribution in [0.2, 0.25) is 0 Å². The van der Waals surface area contributed by atoms with Crippen LogP contribution in [0, 0.1) is 0 Å². The second-order valence-corrected chi connectivity index (χ2v) is 8.42. The van der Waals surface area contributed by atoms with Crippen molar-refractivity contribution in [3.05, 3.63) is 53.5 Å². The number of methoxy groups -OCH3 is 1. The van der Waals surface area contributed by atoms with Gasteiger partial charge < -0.3 is 14.5 Å². The Bertz CT molecular complexity index is 824. The van der Waals surface area contributed by atoms with Crippen LogP contribution in [0.3, 0.4) is 0 Å². The first-order chi connectivity index (χ1) is 12.3. The van der Waals surface area contributed by atoms with Gasteiger partial charge in [-0.05, 0) is 36.2 Å². The standard InChI is InChI=1S/C19H25NO5S/c1-4-5-6-17(14-7-9-15(24-2)10-8-14)20-19(21)18-12-11-16(25-18)13-26(3,22)23/h7-12,17H,4-6,13H2,1-3H3,(H,20,21). The summed E-state index contributed by atoms with van der Waals surface area (Å²) in [7, 11) is -1.60. The lowest BCUT2D eigenvalue weighted by Crippen LogP contribution is -2.28. The number of rotatable bonds is 9. The number of ether oxygens (including phenoxy) is 1. The predicted molar refractivity (Wildman–Crippen MR) is 100.0 cm³/mol. The minimum absolute atomic E-state index is 0.110. The van der Waals surface area contributed by atoms with Crippen LogP contribution < -0.4 is 10.1 Å². The quantitative estimate of drug-likeness (QED) is 0.721. The van der Waals surface area contributed by atoms with Crippen molar-refractivity contribution in [1.82, 2.24) is 5.32 Å². The monoisotopic (exact) mass is 379 g/mol. The van der Waals surface area contributed by atoms with Gasteiger partial charge in [-0.15, -0.1) is 0 Å². The maximum absolute atomic E-state index is 12.5. The van der Waals surface area contributed by atoms with E-state index in [4.69, 9.17) is 9.15 Å². The molecule has 2 aromatic rings. The Labute approximate surface area is 154 Å². The Balaban J connectivity index is 2.12. The molecular formula is C19H25NO5S. The van der Waals surface area contributed by atoms with Gasteiger partial charge in [-0.3, -0.25) is 4.79 Å². The molecule has 0 saturated carbocycles. The van der Waals surface area contributed by atoms with Gasteiger partial charge in [0.2, 0.25) is 0 Å². The maximum atomic E-state index is 12.5. The third-order valence-electron chi connectivity index (χ3n) is 3.96. The van der Waals surface area contributed by atoms with Crippen LogP contribution in [0.25, 0.3) is 0 Å². The molecule has 6 nitrogen and oxygen atoms in total. The maximum Gasteiger partial charge on any atom is 0.287 e. The van der Waals surface area contributed by atoms with Crippen LogP contribution >= 0.6 is 0 Å². The van der Waals surface area contributed by atoms with Crippen molar-refractivity contribution in [3.8, 4) is 5.75 Å². The van der Waals surface area contributed by atoms with Crippen molar-refractivity contribution in [3.63, 3.8) is 0 Å². The van der Waals surface area contributed by atoms with Crippen LogP contribution in [-0.4, -0.2) is 27.7 Å². The second-order valence-electron chi connectivity index (χ2n) is 6.28. The largest absolute Gasteiger partial charge is 0.497 e. The highest BCUT2D eigenvalue weighted by atomic mass is 32.2. The number of benzene rings is 1. The van der Waals surface area contributed by atoms with E-state index in [-0.39, 0.29) is 29.2 Å². The summed E-state index contributed by atoms with van der Waals surface area (Å²) < 4.78 is 33.2. The van der Waals surface area contributed by atoms with Gasteiger partial charge in [0, 0.05) is 6.26 Å². The lowest BCUT2D eigenvalue weighted by Gasteiger charge is -2.19. The minimum Gasteiger partial charge on any atom is -0.497 e. The van der Waals surface area contributed by atoms with Crippen molar-refractivity contribution >= 4 is 15.7 Å². The summed E-state index contributed by atoms with van der Waals surface area (Å²) in [5.41, 5.74) is 0.982. The first-order valence-corrected chi connectivity index (χ1v) is 10.6. The summed E-state index contributed by atoms with van der Waals surface area (Å²) in [6.45, 7) is 2.09. The molecule has 1 amide bonds. The van der Waals surface area contributed by atoms with Gasteiger partial charge in [0.25, 0.3) is 5.91 Å². The Morgan fingerprint density at radius 3 is 2.46 bits per heavy atom. The minimum atomic E-state index is -3.21. The molecule has 0 radical (unpaired) electrons. The summed E-state index contributed by atoms with van der Waals surface area (Å²) in [4.78, 5) is 12.5. The fourth-order valence-electron chi connectivity index (χ4n) is 2.63. The molecule has 1 N–H and O–H groups in total. The molecule has 1 atom stereocenters. The molecule has 1 heterocycles. The SMILES string of the molecule is CCCCC(NC(=O)c1ccc(CS(C)(=O)=O)o1)c1ccc(OC)cc1. The van der Waals surface area contributed by atoms with Crippen LogP contribution in [0.15, 0.2) is 40.8 Å². The van der Waals surface area contributed by atoms with Gasteiger partial charge in [0.1, 0.15) is 17.3 Å². The first-order valence-electron chi connectivity index (χ1n) is 8.53. The summed E-state index contributed by atoms with van der Waals surface area (Å²) >= 11 is 0. The molecule has 2 rings (SSSR count). The Morgan fingerprint density at radius 2 is 1.88 bits per heavy atom. The van der Waals surface area contributed by atoms with Gasteiger partial charge in [0.05, 0.1) is 13.2 Å². The highest BCUT2D eigenvalue weighted by Gasteiger charge is 2.19. The van der Waals surface area contributed by atoms with E-state index in [0.717, 1.165) is 36.8 Å². The fourth-order valence-corrected chi connectivity index (χ4v) is 3.30. The number of furan rings is 1. The number of nitrogens with one attached hydrogen (secondary N) is 1. The van der Waals surface area contributed by atoms with Crippen LogP contribution in [-0.2, 0) is 15.6 Å². The van der Waals surface area contributed by atoms with Gasteiger partial charge in [-0.1, -0.05) is 31.9 Å². The second kappa shape index (κ2) is 8.89. The smallest absolute Gasteiger partial charge is 0.287 e. The highest BCUT2D eigenvalue weighted by molar-refractivity contribution is 7.89. The Morgan fingerprint density at radius 1 is 1.19 bits per heavy atom. The van der Waals surface area contributed by atoms with Crippen molar-refractivity contribution < 1.29 is 22.4 Å². The molecule has 142 valence electrons. The number of carbonyl (C=O) groups is 1. The summed E-state index contributed by atoms with van der Waals surface area (Å²) in [6.07, 6.45) is 3.90. The highest BCUT2D eigenvalue weighted by Crippen LogP contribution is 2.23. The molecule has 0 aliphatic carbocycles. The van der Waals surface area contributed by atoms with Gasteiger partial charge >= 0.3 is 0 Å². The number of hydrogen-bond acceptors (Lipinski definition) is 5. The van der Waals surface area contributed by atoms with Crippen molar-refractivity contribution in [1.29, 1.82) is 0 Å². The zero-order valence-electron chi connectivity index (χ0n) is 15.3. The van der Waals surface area contributed by atoms with E-state index in [1.54, 1.807) is 7.11 Å².